The van der Waals surface area contributed by atoms with Crippen LogP contribution in [0.2, 0.25) is 0 Å². The third-order valence-corrected chi connectivity index (χ3v) is 3.47. The summed E-state index contributed by atoms with van der Waals surface area (Å²) in [6.07, 6.45) is 3.72. The number of nitrogens with zero attached hydrogens (tertiary/aromatic N) is 1. The van der Waals surface area contributed by atoms with Gasteiger partial charge in [0.1, 0.15) is 0 Å². The van der Waals surface area contributed by atoms with Gasteiger partial charge in [-0.3, -0.25) is 0 Å². The molecule has 78 valence electrons. The first kappa shape index (κ1) is 9.93. The molecule has 1 saturated carbocycles. The molecule has 1 aromatic rings. The van der Waals surface area contributed by atoms with Gasteiger partial charge < -0.3 is 10.4 Å². The van der Waals surface area contributed by atoms with Crippen molar-refractivity contribution >= 4 is 16.5 Å². The van der Waals surface area contributed by atoms with Crippen molar-refractivity contribution in [3.63, 3.8) is 0 Å². The standard InChI is InChI=1S/C10H16N2OS/c1-2-7-6-14-10(11-7)12-8-3-4-9(13)5-8/h6,8-9,13H,2-5H2,1H3,(H,11,12)/t8-,9+/m0/s1. The molecule has 1 fully saturated rings. The highest BCUT2D eigenvalue weighted by molar-refractivity contribution is 7.13. The summed E-state index contributed by atoms with van der Waals surface area (Å²) in [5, 5.41) is 15.8. The van der Waals surface area contributed by atoms with Crippen molar-refractivity contribution in [1.82, 2.24) is 4.98 Å². The molecule has 1 aromatic heterocycles. The normalized spacial score (nSPS) is 26.7. The zero-order chi connectivity index (χ0) is 9.97. The minimum atomic E-state index is -0.113. The van der Waals surface area contributed by atoms with Crippen molar-refractivity contribution in [2.75, 3.05) is 5.32 Å². The Morgan fingerprint density at radius 2 is 2.50 bits per heavy atom. The monoisotopic (exact) mass is 212 g/mol. The number of thiazole rings is 1. The van der Waals surface area contributed by atoms with E-state index in [9.17, 15) is 5.11 Å². The summed E-state index contributed by atoms with van der Waals surface area (Å²) in [4.78, 5) is 4.44. The molecule has 0 bridgehead atoms. The van der Waals surface area contributed by atoms with Crippen LogP contribution in [0.15, 0.2) is 5.38 Å². The van der Waals surface area contributed by atoms with Gasteiger partial charge in [0, 0.05) is 11.4 Å². The summed E-state index contributed by atoms with van der Waals surface area (Å²) in [5.74, 6) is 0. The highest BCUT2D eigenvalue weighted by Crippen LogP contribution is 2.24. The van der Waals surface area contributed by atoms with E-state index in [1.807, 2.05) is 0 Å². The Bertz CT molecular complexity index is 300. The predicted octanol–water partition coefficient (Wildman–Crippen LogP) is 2.03. The number of anilines is 1. The molecule has 1 aliphatic carbocycles. The van der Waals surface area contributed by atoms with Crippen molar-refractivity contribution in [1.29, 1.82) is 0 Å². The van der Waals surface area contributed by atoms with E-state index >= 15 is 0 Å². The largest absolute Gasteiger partial charge is 0.393 e. The number of aromatic nitrogens is 1. The van der Waals surface area contributed by atoms with E-state index in [4.69, 9.17) is 0 Å². The molecule has 3 nitrogen and oxygen atoms in total. The minimum absolute atomic E-state index is 0.113. The Morgan fingerprint density at radius 3 is 3.07 bits per heavy atom. The van der Waals surface area contributed by atoms with Crippen molar-refractivity contribution in [2.24, 2.45) is 0 Å². The number of nitrogens with one attached hydrogen (secondary N) is 1. The Labute approximate surface area is 88.2 Å². The average molecular weight is 212 g/mol. The third-order valence-electron chi connectivity index (χ3n) is 2.65. The number of aliphatic hydroxyl groups is 1. The second-order valence-electron chi connectivity index (χ2n) is 3.81. The topological polar surface area (TPSA) is 45.1 Å². The maximum Gasteiger partial charge on any atom is 0.183 e. The summed E-state index contributed by atoms with van der Waals surface area (Å²) >= 11 is 1.66. The Morgan fingerprint density at radius 1 is 1.64 bits per heavy atom. The summed E-state index contributed by atoms with van der Waals surface area (Å²) < 4.78 is 0. The van der Waals surface area contributed by atoms with Crippen LogP contribution in [0.1, 0.15) is 31.9 Å². The highest BCUT2D eigenvalue weighted by atomic mass is 32.1. The maximum atomic E-state index is 9.37. The molecule has 4 heteroatoms. The van der Waals surface area contributed by atoms with Crippen LogP contribution in [0, 0.1) is 0 Å². The van der Waals surface area contributed by atoms with E-state index in [0.29, 0.717) is 6.04 Å². The summed E-state index contributed by atoms with van der Waals surface area (Å²) in [6, 6.07) is 0.417. The van der Waals surface area contributed by atoms with Crippen LogP contribution < -0.4 is 5.32 Å². The first-order chi connectivity index (χ1) is 6.78. The summed E-state index contributed by atoms with van der Waals surface area (Å²) in [7, 11) is 0. The van der Waals surface area contributed by atoms with Gasteiger partial charge in [0.2, 0.25) is 0 Å². The fraction of sp³-hybridized carbons (Fsp3) is 0.700. The van der Waals surface area contributed by atoms with Gasteiger partial charge in [0.05, 0.1) is 11.8 Å². The van der Waals surface area contributed by atoms with Crippen molar-refractivity contribution in [3.8, 4) is 0 Å². The molecule has 2 rings (SSSR count). The number of rotatable bonds is 3. The van der Waals surface area contributed by atoms with Gasteiger partial charge >= 0.3 is 0 Å². The molecule has 1 aliphatic rings. The van der Waals surface area contributed by atoms with Crippen molar-refractivity contribution < 1.29 is 5.11 Å². The lowest BCUT2D eigenvalue weighted by Gasteiger charge is -2.09. The van der Waals surface area contributed by atoms with Crippen LogP contribution in [0.5, 0.6) is 0 Å². The van der Waals surface area contributed by atoms with Crippen LogP contribution in [-0.4, -0.2) is 22.2 Å². The third kappa shape index (κ3) is 2.25. The van der Waals surface area contributed by atoms with Crippen LogP contribution in [0.4, 0.5) is 5.13 Å². The second kappa shape index (κ2) is 4.28. The molecule has 0 amide bonds. The molecular weight excluding hydrogens is 196 g/mol. The number of aliphatic hydroxyl groups excluding tert-OH is 1. The van der Waals surface area contributed by atoms with E-state index in [1.165, 1.54) is 0 Å². The Balaban J connectivity index is 1.90. The van der Waals surface area contributed by atoms with Gasteiger partial charge in [-0.15, -0.1) is 11.3 Å². The van der Waals surface area contributed by atoms with Crippen molar-refractivity contribution in [2.45, 2.75) is 44.8 Å². The lowest BCUT2D eigenvalue weighted by molar-refractivity contribution is 0.182. The van der Waals surface area contributed by atoms with E-state index in [1.54, 1.807) is 11.3 Å². The molecule has 0 unspecified atom stereocenters. The maximum absolute atomic E-state index is 9.37. The molecule has 2 atom stereocenters. The quantitative estimate of drug-likeness (QED) is 0.806. The van der Waals surface area contributed by atoms with Gasteiger partial charge in [-0.2, -0.15) is 0 Å². The highest BCUT2D eigenvalue weighted by Gasteiger charge is 2.22. The number of hydrogen-bond donors (Lipinski definition) is 2. The molecule has 0 spiro atoms. The number of hydrogen-bond acceptors (Lipinski definition) is 4. The predicted molar refractivity (Wildman–Crippen MR) is 58.8 cm³/mol. The zero-order valence-corrected chi connectivity index (χ0v) is 9.18. The van der Waals surface area contributed by atoms with Crippen LogP contribution in [-0.2, 0) is 6.42 Å². The second-order valence-corrected chi connectivity index (χ2v) is 4.66. The van der Waals surface area contributed by atoms with Gasteiger partial charge in [0.25, 0.3) is 0 Å². The molecular formula is C10H16N2OS. The first-order valence-corrected chi connectivity index (χ1v) is 6.05. The number of aryl methyl sites for hydroxylation is 1. The Hall–Kier alpha value is -0.610. The van der Waals surface area contributed by atoms with Gasteiger partial charge in [0.15, 0.2) is 5.13 Å². The Kier molecular flexibility index (Phi) is 3.03. The smallest absolute Gasteiger partial charge is 0.183 e. The fourth-order valence-corrected chi connectivity index (χ4v) is 2.67. The lowest BCUT2D eigenvalue weighted by atomic mass is 10.2. The minimum Gasteiger partial charge on any atom is -0.393 e. The molecule has 2 N–H and O–H groups in total. The SMILES string of the molecule is CCc1csc(N[C@H]2CC[C@@H](O)C2)n1. The average Bonchev–Trinajstić information content (AvgIpc) is 2.76. The zero-order valence-electron chi connectivity index (χ0n) is 8.36. The van der Waals surface area contributed by atoms with Gasteiger partial charge in [-0.1, -0.05) is 6.92 Å². The van der Waals surface area contributed by atoms with Gasteiger partial charge in [-0.05, 0) is 25.7 Å². The molecule has 0 saturated heterocycles. The molecule has 1 heterocycles. The van der Waals surface area contributed by atoms with Crippen LogP contribution in [0.3, 0.4) is 0 Å². The fourth-order valence-electron chi connectivity index (χ4n) is 1.80. The van der Waals surface area contributed by atoms with E-state index in [-0.39, 0.29) is 6.10 Å². The van der Waals surface area contributed by atoms with Gasteiger partial charge in [-0.25, -0.2) is 4.98 Å². The van der Waals surface area contributed by atoms with Crippen LogP contribution in [0.25, 0.3) is 0 Å². The van der Waals surface area contributed by atoms with E-state index in [2.05, 4.69) is 22.6 Å². The van der Waals surface area contributed by atoms with Crippen LogP contribution >= 0.6 is 11.3 Å². The molecule has 0 aromatic carbocycles. The van der Waals surface area contributed by atoms with E-state index in [0.717, 1.165) is 36.5 Å². The summed E-state index contributed by atoms with van der Waals surface area (Å²) in [6.45, 7) is 2.11. The molecule has 0 radical (unpaired) electrons. The first-order valence-electron chi connectivity index (χ1n) is 5.17. The van der Waals surface area contributed by atoms with Crippen molar-refractivity contribution in [3.05, 3.63) is 11.1 Å². The van der Waals surface area contributed by atoms with E-state index < -0.39 is 0 Å². The lowest BCUT2D eigenvalue weighted by Crippen LogP contribution is -2.16. The molecule has 14 heavy (non-hydrogen) atoms. The molecule has 0 aliphatic heterocycles. The summed E-state index contributed by atoms with van der Waals surface area (Å²) in [5.41, 5.74) is 1.15.